The van der Waals surface area contributed by atoms with Gasteiger partial charge in [0, 0.05) is 17.3 Å². The van der Waals surface area contributed by atoms with Crippen LogP contribution in [0.3, 0.4) is 0 Å². The number of thiophene rings is 1. The van der Waals surface area contributed by atoms with E-state index in [4.69, 9.17) is 23.2 Å². The maximum absolute atomic E-state index is 12.0. The molecule has 0 aliphatic carbocycles. The Morgan fingerprint density at radius 3 is 2.89 bits per heavy atom. The predicted molar refractivity (Wildman–Crippen MR) is 79.2 cm³/mol. The van der Waals surface area contributed by atoms with Gasteiger partial charge in [-0.1, -0.05) is 29.3 Å². The van der Waals surface area contributed by atoms with Crippen LogP contribution in [0.15, 0.2) is 29.6 Å². The third-order valence-corrected chi connectivity index (χ3v) is 3.91. The zero-order valence-electron chi connectivity index (χ0n) is 10.2. The Balaban J connectivity index is 2.02. The number of nitrogens with zero attached hydrogens (tertiary/aromatic N) is 1. The fourth-order valence-corrected chi connectivity index (χ4v) is 2.83. The molecule has 0 spiro atoms. The normalized spacial score (nSPS) is 12.2. The van der Waals surface area contributed by atoms with Gasteiger partial charge in [0.2, 0.25) is 0 Å². The number of nitrogens with one attached hydrogen (secondary N) is 1. The van der Waals surface area contributed by atoms with Crippen molar-refractivity contribution in [1.29, 1.82) is 0 Å². The number of pyridine rings is 1. The first kappa shape index (κ1) is 14.3. The number of hydrogen-bond acceptors (Lipinski definition) is 3. The van der Waals surface area contributed by atoms with Gasteiger partial charge in [-0.2, -0.15) is 0 Å². The molecule has 0 saturated heterocycles. The van der Waals surface area contributed by atoms with E-state index in [2.05, 4.69) is 10.3 Å². The van der Waals surface area contributed by atoms with Gasteiger partial charge in [-0.15, -0.1) is 11.3 Å². The fourth-order valence-electron chi connectivity index (χ4n) is 1.65. The van der Waals surface area contributed by atoms with Crippen LogP contribution >= 0.6 is 34.5 Å². The van der Waals surface area contributed by atoms with Gasteiger partial charge in [-0.25, -0.2) is 4.98 Å². The molecule has 0 bridgehead atoms. The average Bonchev–Trinajstić information content (AvgIpc) is 2.84. The summed E-state index contributed by atoms with van der Waals surface area (Å²) in [7, 11) is 0. The van der Waals surface area contributed by atoms with E-state index < -0.39 is 0 Å². The molecule has 1 unspecified atom stereocenters. The van der Waals surface area contributed by atoms with Gasteiger partial charge in [-0.3, -0.25) is 4.79 Å². The minimum absolute atomic E-state index is 0.00278. The van der Waals surface area contributed by atoms with Crippen LogP contribution in [0.4, 0.5) is 0 Å². The number of amides is 1. The fraction of sp³-hybridized carbons (Fsp3) is 0.231. The summed E-state index contributed by atoms with van der Waals surface area (Å²) in [6, 6.07) is 7.15. The monoisotopic (exact) mass is 314 g/mol. The van der Waals surface area contributed by atoms with Gasteiger partial charge in [-0.05, 0) is 30.5 Å². The van der Waals surface area contributed by atoms with Crippen molar-refractivity contribution in [3.8, 4) is 0 Å². The Kier molecular flexibility index (Phi) is 4.80. The van der Waals surface area contributed by atoms with Crippen molar-refractivity contribution in [2.75, 3.05) is 0 Å². The summed E-state index contributed by atoms with van der Waals surface area (Å²) in [5, 5.41) is 5.42. The molecule has 1 N–H and O–H groups in total. The molecule has 6 heteroatoms. The molecule has 2 heterocycles. The van der Waals surface area contributed by atoms with Crippen molar-refractivity contribution >= 4 is 40.4 Å². The van der Waals surface area contributed by atoms with Crippen LogP contribution in [0.25, 0.3) is 0 Å². The number of halogens is 2. The van der Waals surface area contributed by atoms with Crippen LogP contribution in [0.2, 0.25) is 10.2 Å². The second-order valence-corrected chi connectivity index (χ2v) is 5.95. The molecule has 100 valence electrons. The van der Waals surface area contributed by atoms with Gasteiger partial charge >= 0.3 is 0 Å². The van der Waals surface area contributed by atoms with Crippen LogP contribution < -0.4 is 5.32 Å². The van der Waals surface area contributed by atoms with Crippen LogP contribution in [0, 0.1) is 0 Å². The van der Waals surface area contributed by atoms with Crippen LogP contribution in [0.5, 0.6) is 0 Å². The van der Waals surface area contributed by atoms with E-state index in [0.717, 1.165) is 6.42 Å². The summed E-state index contributed by atoms with van der Waals surface area (Å²) < 4.78 is 0. The summed E-state index contributed by atoms with van der Waals surface area (Å²) in [6.45, 7) is 1.94. The summed E-state index contributed by atoms with van der Waals surface area (Å²) >= 11 is 13.4. The molecule has 2 aromatic heterocycles. The Morgan fingerprint density at radius 1 is 1.42 bits per heavy atom. The van der Waals surface area contributed by atoms with E-state index in [0.29, 0.717) is 5.02 Å². The highest BCUT2D eigenvalue weighted by Gasteiger charge is 2.15. The van der Waals surface area contributed by atoms with Gasteiger partial charge in [0.25, 0.3) is 5.91 Å². The first-order chi connectivity index (χ1) is 9.06. The van der Waals surface area contributed by atoms with Gasteiger partial charge in [0.15, 0.2) is 0 Å². The predicted octanol–water partition coefficient (Wildman–Crippen LogP) is 3.81. The van der Waals surface area contributed by atoms with E-state index in [1.165, 1.54) is 4.88 Å². The molecule has 0 radical (unpaired) electrons. The number of hydrogen-bond donors (Lipinski definition) is 1. The van der Waals surface area contributed by atoms with E-state index in [1.54, 1.807) is 23.5 Å². The quantitative estimate of drug-likeness (QED) is 0.872. The molecule has 0 aromatic carbocycles. The molecule has 0 fully saturated rings. The Morgan fingerprint density at radius 2 is 2.21 bits per heavy atom. The van der Waals surface area contributed by atoms with Crippen molar-refractivity contribution in [2.45, 2.75) is 19.4 Å². The molecule has 2 aromatic rings. The number of carbonyl (C=O) groups is 1. The molecular weight excluding hydrogens is 303 g/mol. The highest BCUT2D eigenvalue weighted by Crippen LogP contribution is 2.17. The lowest BCUT2D eigenvalue weighted by atomic mass is 10.2. The standard InChI is InChI=1S/C13H12Cl2N2OS/c1-8(7-9-3-2-6-19-9)16-13(18)12-10(14)4-5-11(15)17-12/h2-6,8H,7H2,1H3,(H,16,18). The van der Waals surface area contributed by atoms with E-state index in [1.807, 2.05) is 24.4 Å². The van der Waals surface area contributed by atoms with Crippen molar-refractivity contribution < 1.29 is 4.79 Å². The van der Waals surface area contributed by atoms with Crippen molar-refractivity contribution in [2.24, 2.45) is 0 Å². The minimum Gasteiger partial charge on any atom is -0.348 e. The van der Waals surface area contributed by atoms with Crippen LogP contribution in [-0.4, -0.2) is 16.9 Å². The molecular formula is C13H12Cl2N2OS. The minimum atomic E-state index is -0.309. The summed E-state index contributed by atoms with van der Waals surface area (Å²) in [5.74, 6) is -0.309. The molecule has 2 rings (SSSR count). The Bertz CT molecular complexity index is 572. The highest BCUT2D eigenvalue weighted by atomic mass is 35.5. The third kappa shape index (κ3) is 3.93. The largest absolute Gasteiger partial charge is 0.348 e. The summed E-state index contributed by atoms with van der Waals surface area (Å²) in [5.41, 5.74) is 0.159. The van der Waals surface area contributed by atoms with E-state index in [-0.39, 0.29) is 22.8 Å². The molecule has 3 nitrogen and oxygen atoms in total. The SMILES string of the molecule is CC(Cc1cccs1)NC(=O)c1nc(Cl)ccc1Cl. The smallest absolute Gasteiger partial charge is 0.271 e. The number of rotatable bonds is 4. The number of aromatic nitrogens is 1. The van der Waals surface area contributed by atoms with Gasteiger partial charge in [0.1, 0.15) is 10.8 Å². The lowest BCUT2D eigenvalue weighted by Gasteiger charge is -2.13. The lowest BCUT2D eigenvalue weighted by molar-refractivity contribution is 0.0935. The van der Waals surface area contributed by atoms with Gasteiger partial charge < -0.3 is 5.32 Å². The van der Waals surface area contributed by atoms with Crippen LogP contribution in [0.1, 0.15) is 22.3 Å². The zero-order chi connectivity index (χ0) is 13.8. The maximum Gasteiger partial charge on any atom is 0.271 e. The zero-order valence-corrected chi connectivity index (χ0v) is 12.5. The topological polar surface area (TPSA) is 42.0 Å². The van der Waals surface area contributed by atoms with Crippen molar-refractivity contribution in [3.63, 3.8) is 0 Å². The molecule has 1 atom stereocenters. The van der Waals surface area contributed by atoms with E-state index >= 15 is 0 Å². The Hall–Kier alpha value is -1.10. The van der Waals surface area contributed by atoms with E-state index in [9.17, 15) is 4.79 Å². The molecule has 0 saturated carbocycles. The summed E-state index contributed by atoms with van der Waals surface area (Å²) in [6.07, 6.45) is 0.779. The molecule has 19 heavy (non-hydrogen) atoms. The maximum atomic E-state index is 12.0. The highest BCUT2D eigenvalue weighted by molar-refractivity contribution is 7.09. The van der Waals surface area contributed by atoms with Crippen molar-refractivity contribution in [1.82, 2.24) is 10.3 Å². The van der Waals surface area contributed by atoms with Gasteiger partial charge in [0.05, 0.1) is 5.02 Å². The lowest BCUT2D eigenvalue weighted by Crippen LogP contribution is -2.34. The molecule has 0 aliphatic rings. The first-order valence-corrected chi connectivity index (χ1v) is 7.35. The second kappa shape index (κ2) is 6.37. The van der Waals surface area contributed by atoms with Crippen molar-refractivity contribution in [3.05, 3.63) is 50.4 Å². The molecule has 0 aliphatic heterocycles. The second-order valence-electron chi connectivity index (χ2n) is 4.12. The third-order valence-electron chi connectivity index (χ3n) is 2.49. The molecule has 1 amide bonds. The summed E-state index contributed by atoms with van der Waals surface area (Å²) in [4.78, 5) is 17.2. The first-order valence-electron chi connectivity index (χ1n) is 5.71. The average molecular weight is 315 g/mol. The Labute approximate surface area is 125 Å². The number of carbonyl (C=O) groups excluding carboxylic acids is 1. The van der Waals surface area contributed by atoms with Crippen LogP contribution in [-0.2, 0) is 6.42 Å².